The van der Waals surface area contributed by atoms with Crippen molar-refractivity contribution in [1.29, 1.82) is 0 Å². The van der Waals surface area contributed by atoms with E-state index in [1.54, 1.807) is 7.11 Å². The molecule has 5 nitrogen and oxygen atoms in total. The zero-order chi connectivity index (χ0) is 19.2. The summed E-state index contributed by atoms with van der Waals surface area (Å²) in [5, 5.41) is 4.19. The maximum Gasteiger partial charge on any atom is 0.240 e. The van der Waals surface area contributed by atoms with Crippen molar-refractivity contribution >= 4 is 0 Å². The van der Waals surface area contributed by atoms with Crippen LogP contribution in [0.1, 0.15) is 48.1 Å². The van der Waals surface area contributed by atoms with Crippen LogP contribution in [0.15, 0.2) is 59.1 Å². The quantitative estimate of drug-likeness (QED) is 0.603. The highest BCUT2D eigenvalue weighted by molar-refractivity contribution is 5.30. The minimum Gasteiger partial charge on any atom is -0.497 e. The first-order valence-electron chi connectivity index (χ1n) is 10.1. The number of methoxy groups -OCH3 is 1. The van der Waals surface area contributed by atoms with Crippen LogP contribution in [-0.2, 0) is 19.4 Å². The van der Waals surface area contributed by atoms with Crippen LogP contribution in [0.25, 0.3) is 0 Å². The van der Waals surface area contributed by atoms with Crippen LogP contribution in [0, 0.1) is 0 Å². The molecular formula is C23H27N3O2. The SMILES string of the molecule is COc1cccc(C2CCCCN2Cc2nc(CCc3ccccc3)no2)c1. The predicted octanol–water partition coefficient (Wildman–Crippen LogP) is 4.59. The molecule has 1 aromatic heterocycles. The Morgan fingerprint density at radius 2 is 1.96 bits per heavy atom. The van der Waals surface area contributed by atoms with Crippen molar-refractivity contribution in [3.05, 3.63) is 77.4 Å². The average Bonchev–Trinajstić information content (AvgIpc) is 3.21. The number of aryl methyl sites for hydroxylation is 2. The molecule has 5 heteroatoms. The number of benzene rings is 2. The fraction of sp³-hybridized carbons (Fsp3) is 0.391. The third kappa shape index (κ3) is 4.60. The molecule has 2 aromatic carbocycles. The zero-order valence-corrected chi connectivity index (χ0v) is 16.4. The van der Waals surface area contributed by atoms with E-state index in [1.807, 2.05) is 12.1 Å². The van der Waals surface area contributed by atoms with E-state index in [0.29, 0.717) is 18.5 Å². The number of hydrogen-bond donors (Lipinski definition) is 0. The first-order chi connectivity index (χ1) is 13.8. The van der Waals surface area contributed by atoms with Gasteiger partial charge in [0.1, 0.15) is 5.75 Å². The Kier molecular flexibility index (Phi) is 6.02. The molecule has 1 aliphatic heterocycles. The molecule has 3 aromatic rings. The standard InChI is InChI=1S/C23H27N3O2/c1-27-20-11-7-10-19(16-20)21-12-5-6-15-26(21)17-23-24-22(25-28-23)14-13-18-8-3-2-4-9-18/h2-4,7-11,16,21H,5-6,12-15,17H2,1H3. The van der Waals surface area contributed by atoms with Crippen LogP contribution >= 0.6 is 0 Å². The highest BCUT2D eigenvalue weighted by Gasteiger charge is 2.26. The highest BCUT2D eigenvalue weighted by atomic mass is 16.5. The van der Waals surface area contributed by atoms with Crippen LogP contribution in [0.4, 0.5) is 0 Å². The van der Waals surface area contributed by atoms with E-state index < -0.39 is 0 Å². The summed E-state index contributed by atoms with van der Waals surface area (Å²) < 4.78 is 11.0. The number of piperidine rings is 1. The smallest absolute Gasteiger partial charge is 0.240 e. The molecule has 0 aliphatic carbocycles. The Bertz CT molecular complexity index is 878. The third-order valence-electron chi connectivity index (χ3n) is 5.42. The molecule has 0 N–H and O–H groups in total. The first-order valence-corrected chi connectivity index (χ1v) is 10.1. The minimum atomic E-state index is 0.364. The van der Waals surface area contributed by atoms with Gasteiger partial charge in [-0.25, -0.2) is 0 Å². The largest absolute Gasteiger partial charge is 0.497 e. The van der Waals surface area contributed by atoms with Crippen LogP contribution in [-0.4, -0.2) is 28.7 Å². The summed E-state index contributed by atoms with van der Waals surface area (Å²) in [7, 11) is 1.72. The molecule has 0 bridgehead atoms. The third-order valence-corrected chi connectivity index (χ3v) is 5.42. The normalized spacial score (nSPS) is 17.5. The van der Waals surface area contributed by atoms with Gasteiger partial charge in [0.2, 0.25) is 5.89 Å². The van der Waals surface area contributed by atoms with Gasteiger partial charge in [0.25, 0.3) is 0 Å². The van der Waals surface area contributed by atoms with Gasteiger partial charge >= 0.3 is 0 Å². The number of nitrogens with zero attached hydrogens (tertiary/aromatic N) is 3. The number of rotatable bonds is 7. The second kappa shape index (κ2) is 9.02. The van der Waals surface area contributed by atoms with Crippen molar-refractivity contribution in [1.82, 2.24) is 15.0 Å². The molecule has 1 unspecified atom stereocenters. The van der Waals surface area contributed by atoms with Gasteiger partial charge in [-0.05, 0) is 49.1 Å². The van der Waals surface area contributed by atoms with E-state index in [9.17, 15) is 0 Å². The average molecular weight is 377 g/mol. The van der Waals surface area contributed by atoms with Crippen molar-refractivity contribution in [3.8, 4) is 5.75 Å². The van der Waals surface area contributed by atoms with Gasteiger partial charge in [-0.1, -0.05) is 54.0 Å². The Labute approximate surface area is 166 Å². The lowest BCUT2D eigenvalue weighted by Gasteiger charge is -2.35. The molecule has 2 heterocycles. The lowest BCUT2D eigenvalue weighted by molar-refractivity contribution is 0.123. The summed E-state index contributed by atoms with van der Waals surface area (Å²) >= 11 is 0. The van der Waals surface area contributed by atoms with Gasteiger partial charge in [-0.15, -0.1) is 0 Å². The second-order valence-electron chi connectivity index (χ2n) is 7.35. The molecular weight excluding hydrogens is 350 g/mol. The van der Waals surface area contributed by atoms with Crippen molar-refractivity contribution in [2.45, 2.75) is 44.7 Å². The molecule has 0 saturated carbocycles. The Morgan fingerprint density at radius 3 is 2.82 bits per heavy atom. The monoisotopic (exact) mass is 377 g/mol. The molecule has 1 fully saturated rings. The van der Waals surface area contributed by atoms with E-state index >= 15 is 0 Å². The maximum absolute atomic E-state index is 5.56. The Balaban J connectivity index is 1.41. The van der Waals surface area contributed by atoms with E-state index in [4.69, 9.17) is 9.26 Å². The summed E-state index contributed by atoms with van der Waals surface area (Å²) in [6.07, 6.45) is 5.31. The minimum absolute atomic E-state index is 0.364. The van der Waals surface area contributed by atoms with Gasteiger partial charge in [0.05, 0.1) is 13.7 Å². The van der Waals surface area contributed by atoms with Gasteiger partial charge in [-0.2, -0.15) is 4.98 Å². The second-order valence-corrected chi connectivity index (χ2v) is 7.35. The van der Waals surface area contributed by atoms with Crippen LogP contribution in [0.5, 0.6) is 5.75 Å². The molecule has 0 spiro atoms. The highest BCUT2D eigenvalue weighted by Crippen LogP contribution is 2.33. The van der Waals surface area contributed by atoms with Crippen molar-refractivity contribution < 1.29 is 9.26 Å². The van der Waals surface area contributed by atoms with Crippen LogP contribution in [0.3, 0.4) is 0 Å². The topological polar surface area (TPSA) is 51.4 Å². The molecule has 1 atom stereocenters. The van der Waals surface area contributed by atoms with E-state index in [2.05, 4.69) is 57.5 Å². The van der Waals surface area contributed by atoms with Gasteiger partial charge in [0, 0.05) is 12.5 Å². The number of hydrogen-bond acceptors (Lipinski definition) is 5. The summed E-state index contributed by atoms with van der Waals surface area (Å²) in [6, 6.07) is 19.2. The fourth-order valence-corrected chi connectivity index (χ4v) is 3.94. The number of aromatic nitrogens is 2. The summed E-state index contributed by atoms with van der Waals surface area (Å²) in [4.78, 5) is 7.09. The number of likely N-dealkylation sites (tertiary alicyclic amines) is 1. The van der Waals surface area contributed by atoms with E-state index in [1.165, 1.54) is 24.0 Å². The van der Waals surface area contributed by atoms with Gasteiger partial charge in [-0.3, -0.25) is 4.90 Å². The van der Waals surface area contributed by atoms with Crippen LogP contribution < -0.4 is 4.74 Å². The first kappa shape index (κ1) is 18.7. The molecule has 0 amide bonds. The van der Waals surface area contributed by atoms with Crippen molar-refractivity contribution in [2.24, 2.45) is 0 Å². The molecule has 4 rings (SSSR count). The summed E-state index contributed by atoms with van der Waals surface area (Å²) in [6.45, 7) is 1.74. The Hall–Kier alpha value is -2.66. The van der Waals surface area contributed by atoms with E-state index in [-0.39, 0.29) is 0 Å². The lowest BCUT2D eigenvalue weighted by atomic mass is 9.95. The van der Waals surface area contributed by atoms with Crippen LogP contribution in [0.2, 0.25) is 0 Å². The van der Waals surface area contributed by atoms with Gasteiger partial charge < -0.3 is 9.26 Å². The molecule has 1 aliphatic rings. The zero-order valence-electron chi connectivity index (χ0n) is 16.4. The molecule has 0 radical (unpaired) electrons. The van der Waals surface area contributed by atoms with E-state index in [0.717, 1.165) is 37.4 Å². The van der Waals surface area contributed by atoms with Crippen molar-refractivity contribution in [2.75, 3.05) is 13.7 Å². The fourth-order valence-electron chi connectivity index (χ4n) is 3.94. The Morgan fingerprint density at radius 1 is 1.07 bits per heavy atom. The van der Waals surface area contributed by atoms with Gasteiger partial charge in [0.15, 0.2) is 5.82 Å². The molecule has 1 saturated heterocycles. The maximum atomic E-state index is 5.56. The lowest BCUT2D eigenvalue weighted by Crippen LogP contribution is -2.33. The summed E-state index contributed by atoms with van der Waals surface area (Å²) in [5.41, 5.74) is 2.59. The van der Waals surface area contributed by atoms with Crippen molar-refractivity contribution in [3.63, 3.8) is 0 Å². The summed E-state index contributed by atoms with van der Waals surface area (Å²) in [5.74, 6) is 2.40. The molecule has 28 heavy (non-hydrogen) atoms. The predicted molar refractivity (Wildman–Crippen MR) is 108 cm³/mol. The number of ether oxygens (including phenoxy) is 1. The molecule has 146 valence electrons.